The molecule has 0 fully saturated rings. The Bertz CT molecular complexity index is 225. The first-order chi connectivity index (χ1) is 9.24. The molecule has 0 saturated carbocycles. The van der Waals surface area contributed by atoms with E-state index >= 15 is 0 Å². The van der Waals surface area contributed by atoms with Gasteiger partial charge < -0.3 is 4.43 Å². The van der Waals surface area contributed by atoms with E-state index in [9.17, 15) is 0 Å². The normalized spacial score (nSPS) is 15.4. The molecule has 0 saturated heterocycles. The van der Waals surface area contributed by atoms with Crippen LogP contribution in [0.3, 0.4) is 0 Å². The second kappa shape index (κ2) is 13.0. The van der Waals surface area contributed by atoms with Crippen LogP contribution in [0, 0.1) is 0 Å². The fourth-order valence-electron chi connectivity index (χ4n) is 2.02. The molecule has 0 aromatic carbocycles. The van der Waals surface area contributed by atoms with Gasteiger partial charge in [-0.05, 0) is 25.8 Å². The summed E-state index contributed by atoms with van der Waals surface area (Å²) in [6, 6.07) is 0.980. The molecule has 0 unspecified atom stereocenters. The summed E-state index contributed by atoms with van der Waals surface area (Å²) >= 11 is 5.99. The molecule has 0 spiro atoms. The molecule has 0 radical (unpaired) electrons. The summed E-state index contributed by atoms with van der Waals surface area (Å²) < 4.78 is 6.11. The van der Waals surface area contributed by atoms with E-state index < -0.39 is 8.32 Å². The van der Waals surface area contributed by atoms with Gasteiger partial charge in [0.25, 0.3) is 0 Å². The first-order valence-corrected chi connectivity index (χ1v) is 10.6. The third-order valence-electron chi connectivity index (χ3n) is 3.15. The van der Waals surface area contributed by atoms with Crippen LogP contribution in [0.4, 0.5) is 0 Å². The molecule has 0 N–H and O–H groups in total. The van der Waals surface area contributed by atoms with Crippen molar-refractivity contribution in [3.05, 3.63) is 23.6 Å². The molecular weight excluding hydrogens is 272 g/mol. The van der Waals surface area contributed by atoms with Crippen molar-refractivity contribution in [3.8, 4) is 0 Å². The van der Waals surface area contributed by atoms with E-state index in [0.29, 0.717) is 5.88 Å². The molecule has 0 amide bonds. The summed E-state index contributed by atoms with van der Waals surface area (Å²) in [5, 5.41) is 0. The summed E-state index contributed by atoms with van der Waals surface area (Å²) in [4.78, 5) is 0. The molecule has 0 rings (SSSR count). The number of rotatable bonds is 12. The maximum atomic E-state index is 6.11. The van der Waals surface area contributed by atoms with Gasteiger partial charge in [0.2, 0.25) is 8.32 Å². The van der Waals surface area contributed by atoms with Gasteiger partial charge in [-0.25, -0.2) is 0 Å². The lowest BCUT2D eigenvalue weighted by Crippen LogP contribution is -2.35. The summed E-state index contributed by atoms with van der Waals surface area (Å²) in [7, 11) is -1.89. The maximum absolute atomic E-state index is 6.11. The molecule has 0 aromatic heterocycles. The highest BCUT2D eigenvalue weighted by atomic mass is 35.5. The van der Waals surface area contributed by atoms with Crippen molar-refractivity contribution in [2.24, 2.45) is 0 Å². The number of hydrogen-bond donors (Lipinski definition) is 0. The van der Waals surface area contributed by atoms with Crippen molar-refractivity contribution in [2.45, 2.75) is 65.3 Å². The quantitative estimate of drug-likeness (QED) is 0.252. The molecule has 1 nitrogen and oxygen atoms in total. The van der Waals surface area contributed by atoms with Crippen molar-refractivity contribution in [3.63, 3.8) is 0 Å². The Morgan fingerprint density at radius 3 is 1.84 bits per heavy atom. The first-order valence-electron chi connectivity index (χ1n) is 7.80. The van der Waals surface area contributed by atoms with Gasteiger partial charge in [0.05, 0.1) is 0 Å². The summed E-state index contributed by atoms with van der Waals surface area (Å²) in [6.07, 6.45) is 11.9. The van der Waals surface area contributed by atoms with Gasteiger partial charge in [-0.15, -0.1) is 11.6 Å². The van der Waals surface area contributed by atoms with Gasteiger partial charge in [0.1, 0.15) is 0 Å². The number of alkyl halides is 1. The number of allylic oxidation sites excluding steroid dienone is 2. The van der Waals surface area contributed by atoms with Crippen molar-refractivity contribution in [2.75, 3.05) is 12.5 Å². The Hall–Kier alpha value is -0.0531. The fourth-order valence-corrected chi connectivity index (χ4v) is 5.65. The Balaban J connectivity index is 4.64. The third-order valence-corrected chi connectivity index (χ3v) is 7.11. The van der Waals surface area contributed by atoms with Crippen LogP contribution in [0.2, 0.25) is 6.04 Å². The first kappa shape index (κ1) is 18.9. The summed E-state index contributed by atoms with van der Waals surface area (Å²) in [5.41, 5.74) is 4.69. The van der Waals surface area contributed by atoms with E-state index in [1.165, 1.54) is 25.7 Å². The lowest BCUT2D eigenvalue weighted by Gasteiger charge is -2.23. The van der Waals surface area contributed by atoms with Crippen LogP contribution in [0.5, 0.6) is 0 Å². The van der Waals surface area contributed by atoms with Gasteiger partial charge in [-0.3, -0.25) is 0 Å². The van der Waals surface area contributed by atoms with E-state index in [4.69, 9.17) is 16.0 Å². The number of unbranched alkanes of at least 4 members (excludes halogenated alkanes) is 4. The topological polar surface area (TPSA) is 9.23 Å². The van der Waals surface area contributed by atoms with Crippen LogP contribution in [0.15, 0.2) is 23.6 Å². The minimum atomic E-state index is -1.89. The van der Waals surface area contributed by atoms with Gasteiger partial charge in [-0.2, -0.15) is 0 Å². The molecule has 0 bridgehead atoms. The molecule has 0 aromatic rings. The monoisotopic (exact) mass is 302 g/mol. The van der Waals surface area contributed by atoms with E-state index in [0.717, 1.165) is 25.5 Å². The Kier molecular flexibility index (Phi) is 12.9. The van der Waals surface area contributed by atoms with Gasteiger partial charge >= 0.3 is 0 Å². The SMILES string of the molecule is CCCCC=C[Si](C=CCCCC)(CCCl)OCC. The molecule has 112 valence electrons. The van der Waals surface area contributed by atoms with E-state index in [1.54, 1.807) is 0 Å². The third kappa shape index (κ3) is 9.48. The van der Waals surface area contributed by atoms with Crippen LogP contribution in [-0.2, 0) is 4.43 Å². The standard InChI is InChI=1S/C16H31ClOSi/c1-4-7-9-11-14-19(16-13-17,18-6-3)15-12-10-8-5-2/h11-12,14-15H,4-10,13,16H2,1-3H3. The van der Waals surface area contributed by atoms with Crippen molar-refractivity contribution in [1.82, 2.24) is 0 Å². The Labute approximate surface area is 126 Å². The molecule has 0 heterocycles. The number of halogens is 1. The highest BCUT2D eigenvalue weighted by Gasteiger charge is 2.27. The average Bonchev–Trinajstić information content (AvgIpc) is 2.41. The lowest BCUT2D eigenvalue weighted by atomic mass is 10.2. The van der Waals surface area contributed by atoms with Crippen molar-refractivity contribution >= 4 is 19.9 Å². The minimum Gasteiger partial charge on any atom is -0.409 e. The van der Waals surface area contributed by atoms with Crippen molar-refractivity contribution in [1.29, 1.82) is 0 Å². The molecular formula is C16H31ClOSi. The molecule has 0 aliphatic heterocycles. The Morgan fingerprint density at radius 2 is 1.47 bits per heavy atom. The van der Waals surface area contributed by atoms with Gasteiger partial charge in [0.15, 0.2) is 0 Å². The zero-order valence-corrected chi connectivity index (χ0v) is 14.7. The fraction of sp³-hybridized carbons (Fsp3) is 0.750. The molecule has 0 aliphatic rings. The second-order valence-electron chi connectivity index (χ2n) is 4.92. The highest BCUT2D eigenvalue weighted by molar-refractivity contribution is 6.83. The second-order valence-corrected chi connectivity index (χ2v) is 8.66. The largest absolute Gasteiger partial charge is 0.409 e. The van der Waals surface area contributed by atoms with Crippen LogP contribution in [0.25, 0.3) is 0 Å². The lowest BCUT2D eigenvalue weighted by molar-refractivity contribution is 0.337. The van der Waals surface area contributed by atoms with E-state index in [2.05, 4.69) is 44.3 Å². The highest BCUT2D eigenvalue weighted by Crippen LogP contribution is 2.18. The van der Waals surface area contributed by atoms with Crippen LogP contribution in [-0.4, -0.2) is 20.8 Å². The predicted octanol–water partition coefficient (Wildman–Crippen LogP) is 5.78. The van der Waals surface area contributed by atoms with Crippen LogP contribution in [0.1, 0.15) is 59.3 Å². The molecule has 19 heavy (non-hydrogen) atoms. The summed E-state index contributed by atoms with van der Waals surface area (Å²) in [6.45, 7) is 7.31. The van der Waals surface area contributed by atoms with Crippen LogP contribution < -0.4 is 0 Å². The molecule has 0 aliphatic carbocycles. The zero-order valence-electron chi connectivity index (χ0n) is 13.0. The van der Waals surface area contributed by atoms with E-state index in [-0.39, 0.29) is 0 Å². The molecule has 3 heteroatoms. The van der Waals surface area contributed by atoms with Gasteiger partial charge in [-0.1, -0.05) is 63.1 Å². The molecule has 0 atom stereocenters. The predicted molar refractivity (Wildman–Crippen MR) is 90.2 cm³/mol. The number of hydrogen-bond acceptors (Lipinski definition) is 1. The van der Waals surface area contributed by atoms with Gasteiger partial charge in [0, 0.05) is 12.5 Å². The van der Waals surface area contributed by atoms with Crippen LogP contribution >= 0.6 is 11.6 Å². The maximum Gasteiger partial charge on any atom is 0.242 e. The average molecular weight is 303 g/mol. The Morgan fingerprint density at radius 1 is 0.947 bits per heavy atom. The smallest absolute Gasteiger partial charge is 0.242 e. The zero-order chi connectivity index (χ0) is 14.4. The minimum absolute atomic E-state index is 0.683. The van der Waals surface area contributed by atoms with Crippen molar-refractivity contribution < 1.29 is 4.43 Å². The summed E-state index contributed by atoms with van der Waals surface area (Å²) in [5.74, 6) is 0.683. The van der Waals surface area contributed by atoms with E-state index in [1.807, 2.05) is 0 Å².